The van der Waals surface area contributed by atoms with E-state index in [4.69, 9.17) is 4.74 Å². The van der Waals surface area contributed by atoms with Gasteiger partial charge < -0.3 is 10.1 Å². The van der Waals surface area contributed by atoms with Gasteiger partial charge in [-0.3, -0.25) is 4.79 Å². The fourth-order valence-electron chi connectivity index (χ4n) is 2.70. The number of Topliss-reactive ketones (excluding diaryl/α,β-unsaturated/α-hetero) is 1. The van der Waals surface area contributed by atoms with Crippen LogP contribution in [0.5, 0.6) is 0 Å². The highest BCUT2D eigenvalue weighted by atomic mass is 79.9. The van der Waals surface area contributed by atoms with Crippen molar-refractivity contribution in [2.24, 2.45) is 5.92 Å². The highest BCUT2D eigenvalue weighted by molar-refractivity contribution is 9.10. The van der Waals surface area contributed by atoms with Gasteiger partial charge in [-0.1, -0.05) is 19.9 Å². The van der Waals surface area contributed by atoms with E-state index in [-0.39, 0.29) is 23.4 Å². The number of ether oxygens (including phenoxy) is 1. The van der Waals surface area contributed by atoms with Crippen LogP contribution in [-0.4, -0.2) is 31.6 Å². The predicted octanol–water partition coefficient (Wildman–Crippen LogP) is 3.67. The molecule has 122 valence electrons. The molecule has 0 spiro atoms. The molecule has 0 saturated carbocycles. The largest absolute Gasteiger partial charge is 0.381 e. The summed E-state index contributed by atoms with van der Waals surface area (Å²) in [5, 5.41) is 3.46. The van der Waals surface area contributed by atoms with Crippen LogP contribution >= 0.6 is 15.9 Å². The van der Waals surface area contributed by atoms with Crippen molar-refractivity contribution >= 4 is 21.7 Å². The van der Waals surface area contributed by atoms with E-state index in [1.807, 2.05) is 19.9 Å². The second-order valence-corrected chi connectivity index (χ2v) is 6.93. The van der Waals surface area contributed by atoms with E-state index in [1.165, 1.54) is 6.07 Å². The Kier molecular flexibility index (Phi) is 6.53. The highest BCUT2D eigenvalue weighted by Gasteiger charge is 2.25. The molecule has 0 radical (unpaired) electrons. The molecular weight excluding hydrogens is 349 g/mol. The van der Waals surface area contributed by atoms with Crippen molar-refractivity contribution in [1.82, 2.24) is 5.32 Å². The van der Waals surface area contributed by atoms with Gasteiger partial charge in [-0.2, -0.15) is 0 Å². The zero-order valence-corrected chi connectivity index (χ0v) is 14.7. The normalized spacial score (nSPS) is 17.7. The van der Waals surface area contributed by atoms with E-state index in [0.717, 1.165) is 31.6 Å². The third-order valence-electron chi connectivity index (χ3n) is 4.09. The molecule has 0 bridgehead atoms. The summed E-state index contributed by atoms with van der Waals surface area (Å²) in [6.07, 6.45) is 1.91. The van der Waals surface area contributed by atoms with Crippen molar-refractivity contribution in [3.63, 3.8) is 0 Å². The first-order chi connectivity index (χ1) is 10.5. The maximum absolute atomic E-state index is 13.8. The molecule has 1 heterocycles. The lowest BCUT2D eigenvalue weighted by atomic mass is 9.88. The molecule has 1 saturated heterocycles. The molecule has 2 rings (SSSR count). The Morgan fingerprint density at radius 1 is 1.41 bits per heavy atom. The molecule has 1 aliphatic rings. The fourth-order valence-corrected chi connectivity index (χ4v) is 2.95. The van der Waals surface area contributed by atoms with Gasteiger partial charge >= 0.3 is 0 Å². The van der Waals surface area contributed by atoms with Crippen molar-refractivity contribution in [3.05, 3.63) is 34.1 Å². The van der Waals surface area contributed by atoms with Gasteiger partial charge in [0.15, 0.2) is 0 Å². The van der Waals surface area contributed by atoms with Gasteiger partial charge in [0.1, 0.15) is 11.6 Å². The lowest BCUT2D eigenvalue weighted by Crippen LogP contribution is -2.39. The van der Waals surface area contributed by atoms with Gasteiger partial charge in [0.25, 0.3) is 0 Å². The molecule has 1 N–H and O–H groups in total. The van der Waals surface area contributed by atoms with Crippen molar-refractivity contribution in [2.75, 3.05) is 19.8 Å². The van der Waals surface area contributed by atoms with E-state index in [2.05, 4.69) is 21.2 Å². The van der Waals surface area contributed by atoms with Crippen molar-refractivity contribution < 1.29 is 13.9 Å². The number of carbonyl (C=O) groups excluding carboxylic acids is 1. The number of hydrogen-bond donors (Lipinski definition) is 1. The van der Waals surface area contributed by atoms with Crippen LogP contribution in [0.1, 0.15) is 38.2 Å². The molecule has 0 amide bonds. The van der Waals surface area contributed by atoms with Gasteiger partial charge in [-0.15, -0.1) is 0 Å². The minimum atomic E-state index is -0.329. The predicted molar refractivity (Wildman–Crippen MR) is 88.5 cm³/mol. The third kappa shape index (κ3) is 4.61. The molecule has 0 aromatic heterocycles. The topological polar surface area (TPSA) is 38.3 Å². The minimum absolute atomic E-state index is 0.0757. The van der Waals surface area contributed by atoms with E-state index in [9.17, 15) is 9.18 Å². The molecule has 3 nitrogen and oxygen atoms in total. The maximum Gasteiger partial charge on any atom is 0.144 e. The number of ketones is 1. The molecule has 1 aromatic rings. The summed E-state index contributed by atoms with van der Waals surface area (Å²) in [6.45, 7) is 5.83. The number of carbonyl (C=O) groups is 1. The average Bonchev–Trinajstić information content (AvgIpc) is 2.51. The van der Waals surface area contributed by atoms with Crippen LogP contribution in [0, 0.1) is 11.7 Å². The Bertz CT molecular complexity index is 515. The zero-order chi connectivity index (χ0) is 16.1. The standard InChI is InChI=1S/C17H23BrFNO2/c1-11(2)17(21)14(10-20-13-5-7-22-8-6-13)12-3-4-15(18)16(19)9-12/h3-4,9,11,13-14,20H,5-8,10H2,1-2H3. The quantitative estimate of drug-likeness (QED) is 0.828. The number of rotatable bonds is 6. The molecule has 1 fully saturated rings. The van der Waals surface area contributed by atoms with Crippen LogP contribution in [0.4, 0.5) is 4.39 Å². The van der Waals surface area contributed by atoms with Crippen molar-refractivity contribution in [1.29, 1.82) is 0 Å². The van der Waals surface area contributed by atoms with Crippen LogP contribution in [-0.2, 0) is 9.53 Å². The minimum Gasteiger partial charge on any atom is -0.381 e. The van der Waals surface area contributed by atoms with E-state index >= 15 is 0 Å². The van der Waals surface area contributed by atoms with Crippen LogP contribution in [0.25, 0.3) is 0 Å². The van der Waals surface area contributed by atoms with Crippen LogP contribution in [0.15, 0.2) is 22.7 Å². The molecule has 22 heavy (non-hydrogen) atoms. The maximum atomic E-state index is 13.8. The Morgan fingerprint density at radius 3 is 2.68 bits per heavy atom. The van der Waals surface area contributed by atoms with Gasteiger partial charge in [-0.25, -0.2) is 4.39 Å². The molecule has 5 heteroatoms. The Labute approximate surface area is 139 Å². The summed E-state index contributed by atoms with van der Waals surface area (Å²) in [5.74, 6) is -0.579. The van der Waals surface area contributed by atoms with E-state index < -0.39 is 0 Å². The lowest BCUT2D eigenvalue weighted by Gasteiger charge is -2.26. The molecule has 0 aliphatic carbocycles. The van der Waals surface area contributed by atoms with E-state index in [0.29, 0.717) is 17.1 Å². The molecule has 1 aliphatic heterocycles. The summed E-state index contributed by atoms with van der Waals surface area (Å²) in [6, 6.07) is 5.32. The zero-order valence-electron chi connectivity index (χ0n) is 13.1. The van der Waals surface area contributed by atoms with Crippen molar-refractivity contribution in [3.8, 4) is 0 Å². The van der Waals surface area contributed by atoms with Gasteiger partial charge in [0, 0.05) is 31.7 Å². The smallest absolute Gasteiger partial charge is 0.144 e. The first-order valence-electron chi connectivity index (χ1n) is 7.79. The number of benzene rings is 1. The highest BCUT2D eigenvalue weighted by Crippen LogP contribution is 2.25. The van der Waals surface area contributed by atoms with Gasteiger partial charge in [0.05, 0.1) is 10.4 Å². The Balaban J connectivity index is 2.11. The SMILES string of the molecule is CC(C)C(=O)C(CNC1CCOCC1)c1ccc(Br)c(F)c1. The molecule has 1 atom stereocenters. The summed E-state index contributed by atoms with van der Waals surface area (Å²) in [7, 11) is 0. The monoisotopic (exact) mass is 371 g/mol. The average molecular weight is 372 g/mol. The Hall–Kier alpha value is -0.780. The van der Waals surface area contributed by atoms with E-state index in [1.54, 1.807) is 6.07 Å². The van der Waals surface area contributed by atoms with Crippen LogP contribution in [0.2, 0.25) is 0 Å². The number of hydrogen-bond acceptors (Lipinski definition) is 3. The lowest BCUT2D eigenvalue weighted by molar-refractivity contribution is -0.123. The summed E-state index contributed by atoms with van der Waals surface area (Å²) in [4.78, 5) is 12.5. The van der Waals surface area contributed by atoms with Crippen LogP contribution < -0.4 is 5.32 Å². The first-order valence-corrected chi connectivity index (χ1v) is 8.58. The van der Waals surface area contributed by atoms with Crippen LogP contribution in [0.3, 0.4) is 0 Å². The van der Waals surface area contributed by atoms with Gasteiger partial charge in [0.2, 0.25) is 0 Å². The summed E-state index contributed by atoms with van der Waals surface area (Å²) in [5.41, 5.74) is 0.735. The number of nitrogens with one attached hydrogen (secondary N) is 1. The van der Waals surface area contributed by atoms with Gasteiger partial charge in [-0.05, 0) is 46.5 Å². The second-order valence-electron chi connectivity index (χ2n) is 6.08. The molecular formula is C17H23BrFNO2. The summed E-state index contributed by atoms with van der Waals surface area (Å²) >= 11 is 3.16. The Morgan fingerprint density at radius 2 is 2.09 bits per heavy atom. The number of halogens is 2. The summed E-state index contributed by atoms with van der Waals surface area (Å²) < 4.78 is 19.6. The second kappa shape index (κ2) is 8.18. The fraction of sp³-hybridized carbons (Fsp3) is 0.588. The molecule has 1 unspecified atom stereocenters. The third-order valence-corrected chi connectivity index (χ3v) is 4.73. The van der Waals surface area contributed by atoms with Crippen molar-refractivity contribution in [2.45, 2.75) is 38.6 Å². The molecule has 1 aromatic carbocycles. The first kappa shape index (κ1) is 17.6.